The highest BCUT2D eigenvalue weighted by Crippen LogP contribution is 2.27. The zero-order valence-corrected chi connectivity index (χ0v) is 14.0. The summed E-state index contributed by atoms with van der Waals surface area (Å²) in [6.45, 7) is 1.49. The number of fused-ring (bicyclic) bond motifs is 1. The van der Waals surface area contributed by atoms with Crippen LogP contribution in [0.15, 0.2) is 47.3 Å². The first-order chi connectivity index (χ1) is 12.9. The van der Waals surface area contributed by atoms with Gasteiger partial charge in [0.2, 0.25) is 0 Å². The van der Waals surface area contributed by atoms with Crippen molar-refractivity contribution in [3.05, 3.63) is 52.8 Å². The molecule has 9 heteroatoms. The second-order valence-electron chi connectivity index (χ2n) is 6.29. The lowest BCUT2D eigenvalue weighted by atomic mass is 10.0. The average molecular weight is 376 g/mol. The number of ether oxygens (including phenoxy) is 1. The Balaban J connectivity index is 1.70. The summed E-state index contributed by atoms with van der Waals surface area (Å²) < 4.78 is 42.1. The minimum Gasteiger partial charge on any atom is -0.406 e. The van der Waals surface area contributed by atoms with Crippen LogP contribution in [-0.2, 0) is 0 Å². The second-order valence-corrected chi connectivity index (χ2v) is 6.29. The molecule has 1 aliphatic heterocycles. The molecule has 2 heterocycles. The first-order valence-corrected chi connectivity index (χ1v) is 8.37. The number of halogens is 3. The van der Waals surface area contributed by atoms with Gasteiger partial charge in [0.25, 0.3) is 5.56 Å². The standard InChI is InChI=1S/C18H15F3N4O2/c19-18(20,21)27-14-4-1-11(2-5-14)12-3-6-16-15(9-12)17(26)25(24-23-16)13-7-8-22-10-13/h1-6,9,13,22H,7-8,10H2/t13-/m1/s1. The normalized spacial score (nSPS) is 17.4. The molecule has 0 aliphatic carbocycles. The Labute approximate surface area is 151 Å². The van der Waals surface area contributed by atoms with E-state index in [0.717, 1.165) is 13.0 Å². The van der Waals surface area contributed by atoms with Gasteiger partial charge in [-0.2, -0.15) is 0 Å². The molecule has 1 fully saturated rings. The molecule has 1 N–H and O–H groups in total. The van der Waals surface area contributed by atoms with Crippen molar-refractivity contribution in [2.45, 2.75) is 18.8 Å². The van der Waals surface area contributed by atoms with Crippen LogP contribution in [0.5, 0.6) is 5.75 Å². The summed E-state index contributed by atoms with van der Waals surface area (Å²) >= 11 is 0. The molecule has 0 amide bonds. The van der Waals surface area contributed by atoms with E-state index in [4.69, 9.17) is 0 Å². The Kier molecular flexibility index (Phi) is 4.31. The van der Waals surface area contributed by atoms with Crippen molar-refractivity contribution in [1.82, 2.24) is 20.3 Å². The van der Waals surface area contributed by atoms with Gasteiger partial charge in [0.15, 0.2) is 0 Å². The highest BCUT2D eigenvalue weighted by molar-refractivity contribution is 5.83. The number of nitrogens with zero attached hydrogens (tertiary/aromatic N) is 3. The van der Waals surface area contributed by atoms with Gasteiger partial charge < -0.3 is 10.1 Å². The van der Waals surface area contributed by atoms with E-state index in [2.05, 4.69) is 20.4 Å². The molecular weight excluding hydrogens is 361 g/mol. The maximum Gasteiger partial charge on any atom is 0.573 e. The predicted molar refractivity (Wildman–Crippen MR) is 92.4 cm³/mol. The molecule has 0 spiro atoms. The van der Waals surface area contributed by atoms with Crippen LogP contribution in [0, 0.1) is 0 Å². The number of nitrogens with one attached hydrogen (secondary N) is 1. The topological polar surface area (TPSA) is 69.0 Å². The minimum atomic E-state index is -4.73. The molecule has 6 nitrogen and oxygen atoms in total. The van der Waals surface area contributed by atoms with Crippen LogP contribution in [0.4, 0.5) is 13.2 Å². The van der Waals surface area contributed by atoms with Crippen LogP contribution in [-0.4, -0.2) is 34.4 Å². The third kappa shape index (κ3) is 3.63. The van der Waals surface area contributed by atoms with Crippen LogP contribution < -0.4 is 15.6 Å². The summed E-state index contributed by atoms with van der Waals surface area (Å²) in [6.07, 6.45) is -3.93. The Morgan fingerprint density at radius 1 is 1.11 bits per heavy atom. The van der Waals surface area contributed by atoms with Crippen molar-refractivity contribution in [3.8, 4) is 16.9 Å². The summed E-state index contributed by atoms with van der Waals surface area (Å²) in [5, 5.41) is 11.8. The van der Waals surface area contributed by atoms with Crippen molar-refractivity contribution in [2.75, 3.05) is 13.1 Å². The van der Waals surface area contributed by atoms with Crippen molar-refractivity contribution < 1.29 is 17.9 Å². The average Bonchev–Trinajstić information content (AvgIpc) is 3.16. The molecule has 3 aromatic rings. The van der Waals surface area contributed by atoms with Gasteiger partial charge in [0, 0.05) is 6.54 Å². The number of aromatic nitrogens is 3. The fourth-order valence-electron chi connectivity index (χ4n) is 3.17. The van der Waals surface area contributed by atoms with Crippen LogP contribution >= 0.6 is 0 Å². The van der Waals surface area contributed by atoms with Crippen LogP contribution in [0.25, 0.3) is 22.0 Å². The SMILES string of the molecule is O=c1c2cc(-c3ccc(OC(F)(F)F)cc3)ccc2nnn1[C@@H]1CCNC1. The molecule has 1 saturated heterocycles. The maximum atomic E-state index is 12.8. The quantitative estimate of drug-likeness (QED) is 0.761. The summed E-state index contributed by atoms with van der Waals surface area (Å²) in [6, 6.07) is 10.6. The summed E-state index contributed by atoms with van der Waals surface area (Å²) in [5.74, 6) is -0.297. The molecule has 0 unspecified atom stereocenters. The van der Waals surface area contributed by atoms with Gasteiger partial charge in [-0.1, -0.05) is 23.4 Å². The molecular formula is C18H15F3N4O2. The molecule has 0 saturated carbocycles. The Hall–Kier alpha value is -2.94. The molecule has 140 valence electrons. The van der Waals surface area contributed by atoms with Crippen molar-refractivity contribution in [3.63, 3.8) is 0 Å². The van der Waals surface area contributed by atoms with E-state index in [9.17, 15) is 18.0 Å². The molecule has 2 aromatic carbocycles. The van der Waals surface area contributed by atoms with E-state index >= 15 is 0 Å². The number of hydrogen-bond acceptors (Lipinski definition) is 5. The Bertz CT molecular complexity index is 1030. The Morgan fingerprint density at radius 2 is 1.85 bits per heavy atom. The zero-order valence-electron chi connectivity index (χ0n) is 14.0. The number of hydrogen-bond donors (Lipinski definition) is 1. The highest BCUT2D eigenvalue weighted by atomic mass is 19.4. The third-order valence-electron chi connectivity index (χ3n) is 4.49. The molecule has 1 aromatic heterocycles. The monoisotopic (exact) mass is 376 g/mol. The van der Waals surface area contributed by atoms with Gasteiger partial charge in [-0.3, -0.25) is 4.79 Å². The maximum absolute atomic E-state index is 12.8. The zero-order chi connectivity index (χ0) is 19.0. The summed E-state index contributed by atoms with van der Waals surface area (Å²) in [4.78, 5) is 12.8. The van der Waals surface area contributed by atoms with Gasteiger partial charge >= 0.3 is 6.36 Å². The van der Waals surface area contributed by atoms with Crippen LogP contribution in [0.2, 0.25) is 0 Å². The molecule has 0 bridgehead atoms. The van der Waals surface area contributed by atoms with Crippen LogP contribution in [0.3, 0.4) is 0 Å². The summed E-state index contributed by atoms with van der Waals surface area (Å²) in [7, 11) is 0. The molecule has 4 rings (SSSR count). The van der Waals surface area contributed by atoms with Crippen molar-refractivity contribution in [1.29, 1.82) is 0 Å². The fraction of sp³-hybridized carbons (Fsp3) is 0.278. The predicted octanol–water partition coefficient (Wildman–Crippen LogP) is 2.89. The van der Waals surface area contributed by atoms with Gasteiger partial charge in [-0.25, -0.2) is 4.68 Å². The molecule has 0 radical (unpaired) electrons. The van der Waals surface area contributed by atoms with Gasteiger partial charge in [-0.05, 0) is 48.4 Å². The van der Waals surface area contributed by atoms with Gasteiger partial charge in [-0.15, -0.1) is 18.3 Å². The van der Waals surface area contributed by atoms with Crippen molar-refractivity contribution >= 4 is 10.9 Å². The van der Waals surface area contributed by atoms with E-state index in [1.807, 2.05) is 0 Å². The first kappa shape index (κ1) is 17.5. The lowest BCUT2D eigenvalue weighted by Gasteiger charge is -2.11. The van der Waals surface area contributed by atoms with E-state index in [1.54, 1.807) is 18.2 Å². The van der Waals surface area contributed by atoms with Crippen molar-refractivity contribution in [2.24, 2.45) is 0 Å². The third-order valence-corrected chi connectivity index (χ3v) is 4.49. The Morgan fingerprint density at radius 3 is 2.52 bits per heavy atom. The lowest BCUT2D eigenvalue weighted by molar-refractivity contribution is -0.274. The van der Waals surface area contributed by atoms with E-state index in [0.29, 0.717) is 28.6 Å². The van der Waals surface area contributed by atoms with Crippen LogP contribution in [0.1, 0.15) is 12.5 Å². The van der Waals surface area contributed by atoms with Gasteiger partial charge in [0.05, 0.1) is 11.4 Å². The lowest BCUT2D eigenvalue weighted by Crippen LogP contribution is -2.29. The highest BCUT2D eigenvalue weighted by Gasteiger charge is 2.31. The number of rotatable bonds is 3. The second kappa shape index (κ2) is 6.66. The number of alkyl halides is 3. The summed E-state index contributed by atoms with van der Waals surface area (Å²) in [5.41, 5.74) is 1.61. The minimum absolute atomic E-state index is 0.0307. The molecule has 1 atom stereocenters. The fourth-order valence-corrected chi connectivity index (χ4v) is 3.17. The largest absolute Gasteiger partial charge is 0.573 e. The molecule has 27 heavy (non-hydrogen) atoms. The van der Waals surface area contributed by atoms with E-state index in [1.165, 1.54) is 28.9 Å². The molecule has 1 aliphatic rings. The van der Waals surface area contributed by atoms with Gasteiger partial charge in [0.1, 0.15) is 11.3 Å². The smallest absolute Gasteiger partial charge is 0.406 e. The van der Waals surface area contributed by atoms with E-state index in [-0.39, 0.29) is 17.4 Å². The van der Waals surface area contributed by atoms with E-state index < -0.39 is 6.36 Å². The first-order valence-electron chi connectivity index (χ1n) is 8.37. The number of benzene rings is 2.